The van der Waals surface area contributed by atoms with Crippen LogP contribution in [-0.4, -0.2) is 37.6 Å². The molecule has 0 amide bonds. The zero-order chi connectivity index (χ0) is 15.3. The number of hydrogen-bond donors (Lipinski definition) is 1. The molecule has 1 aromatic rings. The summed E-state index contributed by atoms with van der Waals surface area (Å²) in [6.07, 6.45) is 0.601. The lowest BCUT2D eigenvalue weighted by Crippen LogP contribution is -2.28. The Balaban J connectivity index is 2.55. The first-order chi connectivity index (χ1) is 9.25. The summed E-state index contributed by atoms with van der Waals surface area (Å²) >= 11 is 0. The molecule has 0 aliphatic rings. The van der Waals surface area contributed by atoms with Crippen LogP contribution in [0.1, 0.15) is 31.1 Å². The molecule has 0 saturated heterocycles. The van der Waals surface area contributed by atoms with Gasteiger partial charge in [0.2, 0.25) is 0 Å². The van der Waals surface area contributed by atoms with Crippen molar-refractivity contribution >= 4 is 17.9 Å². The van der Waals surface area contributed by atoms with E-state index in [0.29, 0.717) is 12.8 Å². The Kier molecular flexibility index (Phi) is 5.13. The largest absolute Gasteiger partial charge is 0.507 e. The van der Waals surface area contributed by atoms with Crippen LogP contribution in [0.25, 0.3) is 0 Å². The van der Waals surface area contributed by atoms with E-state index in [-0.39, 0.29) is 23.9 Å². The number of aromatic hydroxyl groups is 1. The van der Waals surface area contributed by atoms with Crippen molar-refractivity contribution in [3.63, 3.8) is 0 Å². The minimum absolute atomic E-state index is 0.0592. The number of carbonyl (C=O) groups is 2. The van der Waals surface area contributed by atoms with Crippen LogP contribution >= 0.6 is 0 Å². The van der Waals surface area contributed by atoms with Gasteiger partial charge < -0.3 is 14.7 Å². The molecule has 0 saturated carbocycles. The maximum atomic E-state index is 11.6. The first-order valence-electron chi connectivity index (χ1n) is 6.42. The quantitative estimate of drug-likeness (QED) is 0.661. The van der Waals surface area contributed by atoms with Gasteiger partial charge in [0, 0.05) is 18.8 Å². The van der Waals surface area contributed by atoms with Gasteiger partial charge in [0.1, 0.15) is 12.4 Å². The highest BCUT2D eigenvalue weighted by atomic mass is 16.5. The van der Waals surface area contributed by atoms with Crippen molar-refractivity contribution < 1.29 is 19.4 Å². The summed E-state index contributed by atoms with van der Waals surface area (Å²) in [7, 11) is 1.82. The Labute approximate surface area is 119 Å². The van der Waals surface area contributed by atoms with Crippen LogP contribution in [0.4, 0.5) is 5.69 Å². The molecule has 0 bridgehead atoms. The van der Waals surface area contributed by atoms with E-state index < -0.39 is 5.41 Å². The molecule has 0 fully saturated rings. The molecule has 5 nitrogen and oxygen atoms in total. The first kappa shape index (κ1) is 16.0. The number of nitrogens with zero attached hydrogens (tertiary/aromatic N) is 1. The number of phenols is 1. The molecule has 110 valence electrons. The Bertz CT molecular complexity index is 491. The molecule has 0 unspecified atom stereocenters. The summed E-state index contributed by atoms with van der Waals surface area (Å²) in [5, 5.41) is 9.62. The number of esters is 1. The fourth-order valence-corrected chi connectivity index (χ4v) is 1.49. The Morgan fingerprint density at radius 1 is 1.40 bits per heavy atom. The normalized spacial score (nSPS) is 11.0. The number of benzene rings is 1. The van der Waals surface area contributed by atoms with Crippen molar-refractivity contribution in [3.8, 4) is 5.75 Å². The Hall–Kier alpha value is -2.04. The summed E-state index contributed by atoms with van der Waals surface area (Å²) in [5.41, 5.74) is 0.490. The molecule has 1 rings (SSSR count). The van der Waals surface area contributed by atoms with Crippen LogP contribution in [0.15, 0.2) is 18.2 Å². The van der Waals surface area contributed by atoms with E-state index in [2.05, 4.69) is 0 Å². The van der Waals surface area contributed by atoms with E-state index in [9.17, 15) is 14.7 Å². The van der Waals surface area contributed by atoms with Gasteiger partial charge in [-0.1, -0.05) is 0 Å². The molecule has 0 spiro atoms. The van der Waals surface area contributed by atoms with Gasteiger partial charge in [-0.05, 0) is 32.9 Å². The van der Waals surface area contributed by atoms with Crippen molar-refractivity contribution in [1.82, 2.24) is 0 Å². The minimum Gasteiger partial charge on any atom is -0.507 e. The lowest BCUT2D eigenvalue weighted by molar-refractivity contribution is -0.152. The van der Waals surface area contributed by atoms with Gasteiger partial charge in [0.25, 0.3) is 0 Å². The summed E-state index contributed by atoms with van der Waals surface area (Å²) in [4.78, 5) is 24.1. The maximum absolute atomic E-state index is 11.6. The standard InChI is InChI=1S/C15H21NO4/c1-15(2,3)14(19)20-8-7-16(4)12-6-5-11(10-17)13(18)9-12/h5-6,9-10,18H,7-8H2,1-4H3. The number of aldehydes is 1. The van der Waals surface area contributed by atoms with Gasteiger partial charge in [-0.2, -0.15) is 0 Å². The molecule has 0 aliphatic carbocycles. The van der Waals surface area contributed by atoms with Crippen molar-refractivity contribution in [2.45, 2.75) is 20.8 Å². The summed E-state index contributed by atoms with van der Waals surface area (Å²) in [5.74, 6) is -0.305. The second kappa shape index (κ2) is 6.41. The second-order valence-corrected chi connectivity index (χ2v) is 5.67. The SMILES string of the molecule is CN(CCOC(=O)C(C)(C)C)c1ccc(C=O)c(O)c1. The van der Waals surface area contributed by atoms with Gasteiger partial charge in [0.15, 0.2) is 6.29 Å². The second-order valence-electron chi connectivity index (χ2n) is 5.67. The molecular weight excluding hydrogens is 258 g/mol. The van der Waals surface area contributed by atoms with E-state index in [4.69, 9.17) is 4.74 Å². The van der Waals surface area contributed by atoms with Crippen LogP contribution in [-0.2, 0) is 9.53 Å². The lowest BCUT2D eigenvalue weighted by atomic mass is 9.97. The molecule has 1 N–H and O–H groups in total. The summed E-state index contributed by atoms with van der Waals surface area (Å²) < 4.78 is 5.17. The highest BCUT2D eigenvalue weighted by molar-refractivity contribution is 5.80. The Morgan fingerprint density at radius 3 is 2.55 bits per heavy atom. The van der Waals surface area contributed by atoms with Gasteiger partial charge >= 0.3 is 5.97 Å². The zero-order valence-corrected chi connectivity index (χ0v) is 12.3. The molecule has 1 aromatic carbocycles. The van der Waals surface area contributed by atoms with Crippen LogP contribution in [0.2, 0.25) is 0 Å². The van der Waals surface area contributed by atoms with Crippen LogP contribution in [0.5, 0.6) is 5.75 Å². The van der Waals surface area contributed by atoms with E-state index in [0.717, 1.165) is 5.69 Å². The topological polar surface area (TPSA) is 66.8 Å². The third kappa shape index (κ3) is 4.26. The summed E-state index contributed by atoms with van der Waals surface area (Å²) in [6, 6.07) is 4.79. The maximum Gasteiger partial charge on any atom is 0.311 e. The number of phenolic OH excluding ortho intramolecular Hbond substituents is 1. The first-order valence-corrected chi connectivity index (χ1v) is 6.42. The third-order valence-electron chi connectivity index (χ3n) is 2.85. The predicted octanol–water partition coefficient (Wildman–Crippen LogP) is 2.23. The van der Waals surface area contributed by atoms with Gasteiger partial charge in [-0.25, -0.2) is 0 Å². The molecule has 0 radical (unpaired) electrons. The van der Waals surface area contributed by atoms with Crippen LogP contribution in [0.3, 0.4) is 0 Å². The van der Waals surface area contributed by atoms with Crippen molar-refractivity contribution in [3.05, 3.63) is 23.8 Å². The van der Waals surface area contributed by atoms with E-state index >= 15 is 0 Å². The number of anilines is 1. The highest BCUT2D eigenvalue weighted by Gasteiger charge is 2.22. The van der Waals surface area contributed by atoms with Gasteiger partial charge in [0.05, 0.1) is 17.5 Å². The number of rotatable bonds is 5. The van der Waals surface area contributed by atoms with Crippen molar-refractivity contribution in [2.75, 3.05) is 25.1 Å². The molecule has 5 heteroatoms. The van der Waals surface area contributed by atoms with E-state index in [1.165, 1.54) is 6.07 Å². The fourth-order valence-electron chi connectivity index (χ4n) is 1.49. The molecule has 20 heavy (non-hydrogen) atoms. The number of ether oxygens (including phenoxy) is 1. The molecule has 0 aliphatic heterocycles. The Morgan fingerprint density at radius 2 is 2.05 bits per heavy atom. The minimum atomic E-state index is -0.511. The smallest absolute Gasteiger partial charge is 0.311 e. The van der Waals surface area contributed by atoms with Crippen molar-refractivity contribution in [1.29, 1.82) is 0 Å². The molecular formula is C15H21NO4. The lowest BCUT2D eigenvalue weighted by Gasteiger charge is -2.21. The zero-order valence-electron chi connectivity index (χ0n) is 12.3. The number of carbonyl (C=O) groups excluding carboxylic acids is 2. The molecule has 0 aromatic heterocycles. The average Bonchev–Trinajstić information content (AvgIpc) is 2.37. The third-order valence-corrected chi connectivity index (χ3v) is 2.85. The highest BCUT2D eigenvalue weighted by Crippen LogP contribution is 2.22. The predicted molar refractivity (Wildman–Crippen MR) is 77.2 cm³/mol. The van der Waals surface area contributed by atoms with Crippen molar-refractivity contribution in [2.24, 2.45) is 5.41 Å². The number of likely N-dealkylation sites (N-methyl/N-ethyl adjacent to an activating group) is 1. The van der Waals surface area contributed by atoms with Gasteiger partial charge in [-0.3, -0.25) is 9.59 Å². The monoisotopic (exact) mass is 279 g/mol. The number of hydrogen-bond acceptors (Lipinski definition) is 5. The van der Waals surface area contributed by atoms with Gasteiger partial charge in [-0.15, -0.1) is 0 Å². The van der Waals surface area contributed by atoms with E-state index in [1.807, 2.05) is 11.9 Å². The summed E-state index contributed by atoms with van der Waals surface area (Å²) in [6.45, 7) is 6.17. The average molecular weight is 279 g/mol. The van der Waals surface area contributed by atoms with Crippen LogP contribution in [0, 0.1) is 5.41 Å². The molecule has 0 heterocycles. The molecule has 0 atom stereocenters. The fraction of sp³-hybridized carbons (Fsp3) is 0.467. The van der Waals surface area contributed by atoms with Crippen LogP contribution < -0.4 is 4.90 Å². The van der Waals surface area contributed by atoms with E-state index in [1.54, 1.807) is 32.9 Å².